The molecule has 0 saturated carbocycles. The molecule has 0 unspecified atom stereocenters. The second kappa shape index (κ2) is 8.30. The van der Waals surface area contributed by atoms with Gasteiger partial charge in [-0.2, -0.15) is 5.10 Å². The summed E-state index contributed by atoms with van der Waals surface area (Å²) in [6, 6.07) is 18.5. The lowest BCUT2D eigenvalue weighted by Crippen LogP contribution is -2.18. The number of nitrogens with one attached hydrogen (secondary N) is 3. The maximum Gasteiger partial charge on any atom is 0.240 e. The van der Waals surface area contributed by atoms with Gasteiger partial charge < -0.3 is 15.4 Å². The molecule has 1 aliphatic rings. The molecule has 0 saturated heterocycles. The average Bonchev–Trinajstić information content (AvgIpc) is 3.58. The summed E-state index contributed by atoms with van der Waals surface area (Å²) in [5, 5.41) is 19.0. The number of aryl methyl sites for hydroxylation is 1. The minimum atomic E-state index is -3.48. The Hall–Kier alpha value is -3.99. The van der Waals surface area contributed by atoms with Crippen molar-refractivity contribution in [2.75, 3.05) is 7.05 Å². The summed E-state index contributed by atoms with van der Waals surface area (Å²) in [6.07, 6.45) is 0. The SMILES string of the molecule is CNS(=O)(=O)c1ccc(-c2ccc(-c3nn(C)c(-c4nc5cc6c(cc5[nH]4)CNC6)c3O)cc2)cc1. The third-order valence-electron chi connectivity index (χ3n) is 6.61. The normalized spacial score (nSPS) is 13.4. The highest BCUT2D eigenvalue weighted by Gasteiger charge is 2.22. The zero-order valence-electron chi connectivity index (χ0n) is 19.7. The van der Waals surface area contributed by atoms with Crippen molar-refractivity contribution in [3.05, 3.63) is 71.8 Å². The second-order valence-corrected chi connectivity index (χ2v) is 10.7. The number of hydrogen-bond acceptors (Lipinski definition) is 6. The first-order chi connectivity index (χ1) is 17.3. The molecule has 4 N–H and O–H groups in total. The Labute approximate surface area is 207 Å². The monoisotopic (exact) mass is 500 g/mol. The molecule has 5 aromatic rings. The van der Waals surface area contributed by atoms with E-state index in [1.165, 1.54) is 18.2 Å². The van der Waals surface area contributed by atoms with E-state index in [4.69, 9.17) is 4.98 Å². The molecule has 10 heteroatoms. The Kier molecular flexibility index (Phi) is 5.18. The zero-order chi connectivity index (χ0) is 25.0. The quantitative estimate of drug-likeness (QED) is 0.293. The molecule has 0 atom stereocenters. The van der Waals surface area contributed by atoms with Crippen molar-refractivity contribution in [2.24, 2.45) is 7.05 Å². The molecule has 1 aliphatic heterocycles. The predicted molar refractivity (Wildman–Crippen MR) is 138 cm³/mol. The predicted octanol–water partition coefficient (Wildman–Crippen LogP) is 3.51. The van der Waals surface area contributed by atoms with Gasteiger partial charge in [0.25, 0.3) is 0 Å². The van der Waals surface area contributed by atoms with Gasteiger partial charge >= 0.3 is 0 Å². The van der Waals surface area contributed by atoms with Crippen molar-refractivity contribution >= 4 is 21.1 Å². The van der Waals surface area contributed by atoms with Gasteiger partial charge in [-0.3, -0.25) is 4.68 Å². The highest BCUT2D eigenvalue weighted by atomic mass is 32.2. The van der Waals surface area contributed by atoms with E-state index in [1.54, 1.807) is 36.0 Å². The van der Waals surface area contributed by atoms with Gasteiger partial charge in [0.15, 0.2) is 11.6 Å². The Morgan fingerprint density at radius 2 is 1.56 bits per heavy atom. The third-order valence-corrected chi connectivity index (χ3v) is 8.04. The molecule has 3 aromatic carbocycles. The summed E-state index contributed by atoms with van der Waals surface area (Å²) >= 11 is 0. The fourth-order valence-electron chi connectivity index (χ4n) is 4.66. The number of H-pyrrole nitrogens is 1. The number of aromatic amines is 1. The van der Waals surface area contributed by atoms with E-state index >= 15 is 0 Å². The average molecular weight is 501 g/mol. The third kappa shape index (κ3) is 3.67. The second-order valence-electron chi connectivity index (χ2n) is 8.81. The van der Waals surface area contributed by atoms with Gasteiger partial charge in [0.05, 0.1) is 15.9 Å². The topological polar surface area (TPSA) is 125 Å². The van der Waals surface area contributed by atoms with Crippen LogP contribution in [0.5, 0.6) is 5.75 Å². The van der Waals surface area contributed by atoms with Crippen LogP contribution in [-0.2, 0) is 30.2 Å². The lowest BCUT2D eigenvalue weighted by atomic mass is 10.0. The van der Waals surface area contributed by atoms with Crippen LogP contribution in [-0.4, -0.2) is 40.3 Å². The van der Waals surface area contributed by atoms with Gasteiger partial charge in [-0.15, -0.1) is 0 Å². The molecule has 6 rings (SSSR count). The Balaban J connectivity index is 1.32. The number of hydrogen-bond donors (Lipinski definition) is 4. The summed E-state index contributed by atoms with van der Waals surface area (Å²) in [6.45, 7) is 1.68. The van der Waals surface area contributed by atoms with Crippen LogP contribution in [0.1, 0.15) is 11.1 Å². The lowest BCUT2D eigenvalue weighted by molar-refractivity contribution is 0.478. The number of aromatic nitrogens is 4. The van der Waals surface area contributed by atoms with Crippen molar-refractivity contribution in [1.82, 2.24) is 29.8 Å². The van der Waals surface area contributed by atoms with Gasteiger partial charge in [0.1, 0.15) is 11.4 Å². The summed E-state index contributed by atoms with van der Waals surface area (Å²) in [5.41, 5.74) is 7.81. The molecule has 0 aliphatic carbocycles. The van der Waals surface area contributed by atoms with Crippen LogP contribution in [0.25, 0.3) is 44.9 Å². The minimum absolute atomic E-state index is 0.0557. The van der Waals surface area contributed by atoms with Gasteiger partial charge in [-0.05, 0) is 53.6 Å². The standard InChI is InChI=1S/C26H24N6O3S/c1-27-36(34,35)20-9-7-16(8-10-20)15-3-5-17(6-4-15)23-25(33)24(32(2)31-23)26-29-21-11-18-13-28-14-19(18)12-22(21)30-26/h3-12,27-28,33H,13-14H2,1-2H3,(H,29,30). The molecule has 0 amide bonds. The fourth-order valence-corrected chi connectivity index (χ4v) is 5.39. The Morgan fingerprint density at radius 3 is 2.22 bits per heavy atom. The highest BCUT2D eigenvalue weighted by Crippen LogP contribution is 2.38. The van der Waals surface area contributed by atoms with Crippen LogP contribution in [0.15, 0.2) is 65.6 Å². The lowest BCUT2D eigenvalue weighted by Gasteiger charge is -2.06. The van der Waals surface area contributed by atoms with E-state index in [0.717, 1.165) is 40.8 Å². The van der Waals surface area contributed by atoms with E-state index in [9.17, 15) is 13.5 Å². The van der Waals surface area contributed by atoms with Gasteiger partial charge in [0, 0.05) is 25.7 Å². The van der Waals surface area contributed by atoms with Gasteiger partial charge in [0.2, 0.25) is 10.0 Å². The van der Waals surface area contributed by atoms with Crippen LogP contribution >= 0.6 is 0 Å². The number of fused-ring (bicyclic) bond motifs is 2. The van der Waals surface area contributed by atoms with Crippen molar-refractivity contribution in [3.8, 4) is 39.7 Å². The first kappa shape index (κ1) is 22.5. The highest BCUT2D eigenvalue weighted by molar-refractivity contribution is 7.89. The zero-order valence-corrected chi connectivity index (χ0v) is 20.5. The number of rotatable bonds is 5. The molecule has 3 heterocycles. The Morgan fingerprint density at radius 1 is 0.944 bits per heavy atom. The smallest absolute Gasteiger partial charge is 0.240 e. The van der Waals surface area contributed by atoms with E-state index in [-0.39, 0.29) is 10.6 Å². The molecule has 0 spiro atoms. The number of aromatic hydroxyl groups is 1. The minimum Gasteiger partial charge on any atom is -0.504 e. The van der Waals surface area contributed by atoms with Gasteiger partial charge in [-0.1, -0.05) is 36.4 Å². The number of benzene rings is 3. The number of imidazole rings is 1. The van der Waals surface area contributed by atoms with Crippen LogP contribution in [0, 0.1) is 0 Å². The summed E-state index contributed by atoms with van der Waals surface area (Å²) in [7, 11) is -0.311. The maximum atomic E-state index is 12.0. The van der Waals surface area contributed by atoms with Crippen LogP contribution in [0.3, 0.4) is 0 Å². The van der Waals surface area contributed by atoms with Crippen LogP contribution in [0.4, 0.5) is 0 Å². The first-order valence-corrected chi connectivity index (χ1v) is 13.0. The van der Waals surface area contributed by atoms with E-state index in [0.29, 0.717) is 17.2 Å². The molecule has 182 valence electrons. The summed E-state index contributed by atoms with van der Waals surface area (Å²) in [5.74, 6) is 0.619. The largest absolute Gasteiger partial charge is 0.504 e. The number of nitrogens with zero attached hydrogens (tertiary/aromatic N) is 3. The van der Waals surface area contributed by atoms with Crippen molar-refractivity contribution in [3.63, 3.8) is 0 Å². The molecular weight excluding hydrogens is 476 g/mol. The Bertz CT molecular complexity index is 1680. The molecule has 9 nitrogen and oxygen atoms in total. The maximum absolute atomic E-state index is 12.0. The molecule has 36 heavy (non-hydrogen) atoms. The fraction of sp³-hybridized carbons (Fsp3) is 0.154. The first-order valence-electron chi connectivity index (χ1n) is 11.5. The van der Waals surface area contributed by atoms with E-state index < -0.39 is 10.0 Å². The van der Waals surface area contributed by atoms with Gasteiger partial charge in [-0.25, -0.2) is 18.1 Å². The molecular formula is C26H24N6O3S. The summed E-state index contributed by atoms with van der Waals surface area (Å²) < 4.78 is 27.9. The molecule has 0 fully saturated rings. The van der Waals surface area contributed by atoms with Crippen LogP contribution < -0.4 is 10.0 Å². The molecule has 2 aromatic heterocycles. The summed E-state index contributed by atoms with van der Waals surface area (Å²) in [4.78, 5) is 8.26. The molecule has 0 bridgehead atoms. The molecule has 0 radical (unpaired) electrons. The van der Waals surface area contributed by atoms with Crippen molar-refractivity contribution < 1.29 is 13.5 Å². The van der Waals surface area contributed by atoms with E-state index in [2.05, 4.69) is 32.3 Å². The van der Waals surface area contributed by atoms with Crippen molar-refractivity contribution in [2.45, 2.75) is 18.0 Å². The van der Waals surface area contributed by atoms with E-state index in [1.807, 2.05) is 24.3 Å². The number of sulfonamides is 1. The van der Waals surface area contributed by atoms with Crippen molar-refractivity contribution in [1.29, 1.82) is 0 Å². The van der Waals surface area contributed by atoms with Crippen LogP contribution in [0.2, 0.25) is 0 Å².